The number of pyridine rings is 1. The molecule has 2 aromatic rings. The first-order valence-corrected chi connectivity index (χ1v) is 2.92. The molecule has 0 saturated heterocycles. The zero-order valence-corrected chi connectivity index (χ0v) is 6.43. The maximum atomic E-state index is 5.38. The molecule has 0 spiro atoms. The van der Waals surface area contributed by atoms with Gasteiger partial charge in [0.2, 0.25) is 0 Å². The minimum Gasteiger partial charge on any atom is -0.369 e. The second kappa shape index (κ2) is 2.75. The highest BCUT2D eigenvalue weighted by Gasteiger charge is 1.96. The summed E-state index contributed by atoms with van der Waals surface area (Å²) in [7, 11) is 0. The molecule has 2 heterocycles. The lowest BCUT2D eigenvalue weighted by Crippen LogP contribution is -1.84. The van der Waals surface area contributed by atoms with Gasteiger partial charge in [-0.15, -0.1) is 12.4 Å². The Morgan fingerprint density at radius 1 is 1.45 bits per heavy atom. The van der Waals surface area contributed by atoms with Crippen LogP contribution in [0.15, 0.2) is 18.3 Å². The number of aromatic nitrogens is 3. The first-order chi connectivity index (χ1) is 4.86. The lowest BCUT2D eigenvalue weighted by Gasteiger charge is -1.80. The predicted octanol–water partition coefficient (Wildman–Crippen LogP) is 0.962. The van der Waals surface area contributed by atoms with Crippen molar-refractivity contribution in [3.63, 3.8) is 0 Å². The molecule has 0 aliphatic carbocycles. The van der Waals surface area contributed by atoms with Crippen molar-refractivity contribution in [2.24, 2.45) is 0 Å². The van der Waals surface area contributed by atoms with Crippen molar-refractivity contribution in [3.8, 4) is 0 Å². The third kappa shape index (κ3) is 1.25. The second-order valence-corrected chi connectivity index (χ2v) is 2.00. The summed E-state index contributed by atoms with van der Waals surface area (Å²) >= 11 is 0. The number of imidazole rings is 1. The van der Waals surface area contributed by atoms with Crippen LogP contribution in [0.2, 0.25) is 0 Å². The van der Waals surface area contributed by atoms with Gasteiger partial charge in [-0.1, -0.05) is 0 Å². The van der Waals surface area contributed by atoms with E-state index in [2.05, 4.69) is 15.0 Å². The van der Waals surface area contributed by atoms with E-state index in [0.717, 1.165) is 5.52 Å². The summed E-state index contributed by atoms with van der Waals surface area (Å²) in [5, 5.41) is 0. The van der Waals surface area contributed by atoms with Gasteiger partial charge >= 0.3 is 0 Å². The molecule has 11 heavy (non-hydrogen) atoms. The number of nitrogens with two attached hydrogens (primary N) is 1. The van der Waals surface area contributed by atoms with Gasteiger partial charge in [0.25, 0.3) is 0 Å². The second-order valence-electron chi connectivity index (χ2n) is 2.00. The Balaban J connectivity index is 0.000000605. The third-order valence-corrected chi connectivity index (χ3v) is 1.28. The predicted molar refractivity (Wildman–Crippen MR) is 45.5 cm³/mol. The number of nitrogen functional groups attached to an aromatic ring is 1. The SMILES string of the molecule is Cl.Nc1nc2ncccc2[nH]1. The van der Waals surface area contributed by atoms with Crippen LogP contribution in [0.3, 0.4) is 0 Å². The van der Waals surface area contributed by atoms with E-state index >= 15 is 0 Å². The van der Waals surface area contributed by atoms with Crippen molar-refractivity contribution in [2.75, 3.05) is 5.73 Å². The quantitative estimate of drug-likeness (QED) is 0.619. The van der Waals surface area contributed by atoms with Crippen LogP contribution in [0.4, 0.5) is 5.95 Å². The lowest BCUT2D eigenvalue weighted by molar-refractivity contribution is 1.31. The molecule has 0 saturated carbocycles. The molecule has 5 heteroatoms. The van der Waals surface area contributed by atoms with Crippen molar-refractivity contribution < 1.29 is 0 Å². The normalized spacial score (nSPS) is 9.45. The highest BCUT2D eigenvalue weighted by molar-refractivity contribution is 5.85. The van der Waals surface area contributed by atoms with E-state index in [1.165, 1.54) is 0 Å². The molecule has 0 amide bonds. The average molecular weight is 171 g/mol. The van der Waals surface area contributed by atoms with E-state index in [1.807, 2.05) is 12.1 Å². The van der Waals surface area contributed by atoms with Crippen LogP contribution >= 0.6 is 12.4 Å². The standard InChI is InChI=1S/C6H6N4.ClH/c7-6-9-4-2-1-3-8-5(4)10-6;/h1-3H,(H3,7,8,9,10);1H. The molecule has 0 fully saturated rings. The molecule has 0 aliphatic rings. The van der Waals surface area contributed by atoms with E-state index in [0.29, 0.717) is 11.6 Å². The first-order valence-electron chi connectivity index (χ1n) is 2.92. The Labute approximate surface area is 69.3 Å². The van der Waals surface area contributed by atoms with Crippen molar-refractivity contribution in [2.45, 2.75) is 0 Å². The van der Waals surface area contributed by atoms with Gasteiger partial charge in [-0.05, 0) is 12.1 Å². The van der Waals surface area contributed by atoms with Crippen LogP contribution in [-0.4, -0.2) is 15.0 Å². The molecule has 4 nitrogen and oxygen atoms in total. The smallest absolute Gasteiger partial charge is 0.200 e. The van der Waals surface area contributed by atoms with E-state index < -0.39 is 0 Å². The number of fused-ring (bicyclic) bond motifs is 1. The Morgan fingerprint density at radius 3 is 3.00 bits per heavy atom. The number of aromatic amines is 1. The van der Waals surface area contributed by atoms with E-state index in [-0.39, 0.29) is 12.4 Å². The van der Waals surface area contributed by atoms with Crippen LogP contribution in [0.1, 0.15) is 0 Å². The fourth-order valence-electron chi connectivity index (χ4n) is 0.864. The van der Waals surface area contributed by atoms with Gasteiger partial charge in [0.1, 0.15) is 0 Å². The van der Waals surface area contributed by atoms with Crippen molar-refractivity contribution in [1.29, 1.82) is 0 Å². The van der Waals surface area contributed by atoms with Gasteiger partial charge in [-0.25, -0.2) is 4.98 Å². The number of hydrogen-bond donors (Lipinski definition) is 2. The topological polar surface area (TPSA) is 67.6 Å². The maximum Gasteiger partial charge on any atom is 0.200 e. The van der Waals surface area contributed by atoms with Gasteiger partial charge in [-0.3, -0.25) is 0 Å². The minimum atomic E-state index is 0. The highest BCUT2D eigenvalue weighted by Crippen LogP contribution is 2.06. The van der Waals surface area contributed by atoms with Crippen LogP contribution in [0.25, 0.3) is 11.2 Å². The molecule has 0 bridgehead atoms. The third-order valence-electron chi connectivity index (χ3n) is 1.28. The fraction of sp³-hybridized carbons (Fsp3) is 0. The minimum absolute atomic E-state index is 0. The van der Waals surface area contributed by atoms with E-state index in [9.17, 15) is 0 Å². The molecule has 0 atom stereocenters. The molecule has 2 aromatic heterocycles. The summed E-state index contributed by atoms with van der Waals surface area (Å²) in [4.78, 5) is 10.8. The Kier molecular flexibility index (Phi) is 1.96. The number of anilines is 1. The molecular weight excluding hydrogens is 164 g/mol. The van der Waals surface area contributed by atoms with Crippen molar-refractivity contribution in [3.05, 3.63) is 18.3 Å². The summed E-state index contributed by atoms with van der Waals surface area (Å²) in [5.74, 6) is 0.411. The molecule has 0 unspecified atom stereocenters. The lowest BCUT2D eigenvalue weighted by atomic mass is 10.4. The molecule has 0 aromatic carbocycles. The molecule has 58 valence electrons. The summed E-state index contributed by atoms with van der Waals surface area (Å²) < 4.78 is 0. The number of hydrogen-bond acceptors (Lipinski definition) is 3. The number of nitrogens with zero attached hydrogens (tertiary/aromatic N) is 2. The Bertz CT molecular complexity index is 323. The van der Waals surface area contributed by atoms with Crippen LogP contribution in [0.5, 0.6) is 0 Å². The van der Waals surface area contributed by atoms with Crippen molar-refractivity contribution in [1.82, 2.24) is 15.0 Å². The van der Waals surface area contributed by atoms with Gasteiger partial charge in [0.05, 0.1) is 5.52 Å². The molecule has 0 aliphatic heterocycles. The van der Waals surface area contributed by atoms with Gasteiger partial charge in [-0.2, -0.15) is 4.98 Å². The number of H-pyrrole nitrogens is 1. The summed E-state index contributed by atoms with van der Waals surface area (Å²) in [6.07, 6.45) is 1.68. The molecule has 0 radical (unpaired) electrons. The van der Waals surface area contributed by atoms with Gasteiger partial charge in [0.15, 0.2) is 11.6 Å². The van der Waals surface area contributed by atoms with E-state index in [4.69, 9.17) is 5.73 Å². The maximum absolute atomic E-state index is 5.38. The zero-order valence-electron chi connectivity index (χ0n) is 5.61. The average Bonchev–Trinajstić information content (AvgIpc) is 2.27. The zero-order chi connectivity index (χ0) is 6.97. The molecular formula is C6H7ClN4. The number of rotatable bonds is 0. The Hall–Kier alpha value is -1.29. The highest BCUT2D eigenvalue weighted by atomic mass is 35.5. The summed E-state index contributed by atoms with van der Waals surface area (Å²) in [6, 6.07) is 3.71. The monoisotopic (exact) mass is 170 g/mol. The Morgan fingerprint density at radius 2 is 2.27 bits per heavy atom. The molecule has 2 rings (SSSR count). The molecule has 3 N–H and O–H groups in total. The van der Waals surface area contributed by atoms with E-state index in [1.54, 1.807) is 6.20 Å². The number of halogens is 1. The van der Waals surface area contributed by atoms with Gasteiger partial charge < -0.3 is 10.7 Å². The van der Waals surface area contributed by atoms with Crippen LogP contribution < -0.4 is 5.73 Å². The van der Waals surface area contributed by atoms with Crippen LogP contribution in [-0.2, 0) is 0 Å². The largest absolute Gasteiger partial charge is 0.369 e. The number of nitrogens with one attached hydrogen (secondary N) is 1. The fourth-order valence-corrected chi connectivity index (χ4v) is 0.864. The summed E-state index contributed by atoms with van der Waals surface area (Å²) in [5.41, 5.74) is 6.93. The first kappa shape index (κ1) is 7.81. The van der Waals surface area contributed by atoms with Gasteiger partial charge in [0, 0.05) is 6.20 Å². The van der Waals surface area contributed by atoms with Crippen LogP contribution in [0, 0.1) is 0 Å². The van der Waals surface area contributed by atoms with Crippen molar-refractivity contribution >= 4 is 29.5 Å². The summed E-state index contributed by atoms with van der Waals surface area (Å²) in [6.45, 7) is 0.